The number of anilines is 1. The zero-order valence-electron chi connectivity index (χ0n) is 15.7. The minimum Gasteiger partial charge on any atom is -0.423 e. The second-order valence-electron chi connectivity index (χ2n) is 6.77. The summed E-state index contributed by atoms with van der Waals surface area (Å²) in [6.07, 6.45) is 1.65. The molecule has 1 aromatic heterocycles. The van der Waals surface area contributed by atoms with Crippen LogP contribution in [0.1, 0.15) is 32.9 Å². The molecule has 1 aliphatic rings. The third-order valence-corrected chi connectivity index (χ3v) is 6.73. The van der Waals surface area contributed by atoms with Crippen molar-refractivity contribution in [2.75, 3.05) is 5.32 Å². The molecule has 7 nitrogen and oxygen atoms in total. The summed E-state index contributed by atoms with van der Waals surface area (Å²) in [5.74, 6) is -0.611. The first-order valence-electron chi connectivity index (χ1n) is 9.20. The lowest BCUT2D eigenvalue weighted by atomic mass is 10.2. The van der Waals surface area contributed by atoms with Crippen LogP contribution in [0.4, 0.5) is 5.69 Å². The molecule has 9 heteroatoms. The third kappa shape index (κ3) is 4.93. The van der Waals surface area contributed by atoms with Crippen molar-refractivity contribution in [1.29, 1.82) is 0 Å². The largest absolute Gasteiger partial charge is 0.423 e. The highest BCUT2D eigenvalue weighted by Gasteiger charge is 2.28. The first kappa shape index (κ1) is 20.3. The molecule has 1 heterocycles. The van der Waals surface area contributed by atoms with Gasteiger partial charge in [0.05, 0.1) is 15.3 Å². The lowest BCUT2D eigenvalue weighted by Crippen LogP contribution is -2.26. The Morgan fingerprint density at radius 3 is 2.43 bits per heavy atom. The highest BCUT2D eigenvalue weighted by molar-refractivity contribution is 7.89. The molecule has 3 aromatic rings. The normalized spacial score (nSPS) is 13.6. The molecule has 2 N–H and O–H groups in total. The van der Waals surface area contributed by atoms with E-state index in [4.69, 9.17) is 4.74 Å². The molecular weight excluding hydrogens is 424 g/mol. The molecule has 0 saturated heterocycles. The van der Waals surface area contributed by atoms with E-state index in [0.717, 1.165) is 12.8 Å². The lowest BCUT2D eigenvalue weighted by molar-refractivity contribution is 0.0734. The van der Waals surface area contributed by atoms with Crippen LogP contribution in [0, 0.1) is 0 Å². The summed E-state index contributed by atoms with van der Waals surface area (Å²) >= 11 is 1.34. The van der Waals surface area contributed by atoms with E-state index in [1.54, 1.807) is 36.4 Å². The van der Waals surface area contributed by atoms with Crippen LogP contribution < -0.4 is 14.8 Å². The van der Waals surface area contributed by atoms with E-state index in [0.29, 0.717) is 10.6 Å². The van der Waals surface area contributed by atoms with Crippen molar-refractivity contribution >= 4 is 38.9 Å². The molecule has 0 spiro atoms. The molecule has 0 atom stereocenters. The second-order valence-corrected chi connectivity index (χ2v) is 9.43. The van der Waals surface area contributed by atoms with E-state index in [2.05, 4.69) is 10.0 Å². The summed E-state index contributed by atoms with van der Waals surface area (Å²) < 4.78 is 32.6. The first-order valence-corrected chi connectivity index (χ1v) is 11.6. The lowest BCUT2D eigenvalue weighted by Gasteiger charge is -2.09. The van der Waals surface area contributed by atoms with Gasteiger partial charge in [0.25, 0.3) is 5.91 Å². The molecule has 0 bridgehead atoms. The molecule has 154 valence electrons. The van der Waals surface area contributed by atoms with Gasteiger partial charge in [0.15, 0.2) is 0 Å². The topological polar surface area (TPSA) is 102 Å². The summed E-state index contributed by atoms with van der Waals surface area (Å²) in [6, 6.07) is 15.6. The average molecular weight is 443 g/mol. The fraction of sp³-hybridized carbons (Fsp3) is 0.143. The maximum absolute atomic E-state index is 12.4. The standard InChI is InChI=1S/C21H18N2O5S2/c24-20(19-5-2-12-29-19)22-15-8-10-17(11-9-15)28-21(25)14-3-1-4-18(13-14)30(26,27)23-16-6-7-16/h1-5,8-13,16,23H,6-7H2,(H,22,24). The molecule has 1 saturated carbocycles. The maximum Gasteiger partial charge on any atom is 0.343 e. The van der Waals surface area contributed by atoms with Crippen LogP contribution >= 0.6 is 11.3 Å². The number of nitrogens with one attached hydrogen (secondary N) is 2. The molecule has 4 rings (SSSR count). The predicted octanol–water partition coefficient (Wildman–Crippen LogP) is 3.66. The van der Waals surface area contributed by atoms with Crippen LogP contribution in [0.25, 0.3) is 0 Å². The van der Waals surface area contributed by atoms with Gasteiger partial charge in [0.2, 0.25) is 10.0 Å². The molecule has 30 heavy (non-hydrogen) atoms. The van der Waals surface area contributed by atoms with Crippen LogP contribution in [0.2, 0.25) is 0 Å². The quantitative estimate of drug-likeness (QED) is 0.430. The van der Waals surface area contributed by atoms with E-state index in [9.17, 15) is 18.0 Å². The van der Waals surface area contributed by atoms with Crippen LogP contribution in [0.3, 0.4) is 0 Å². The second kappa shape index (κ2) is 8.39. The molecule has 0 unspecified atom stereocenters. The summed E-state index contributed by atoms with van der Waals surface area (Å²) in [6.45, 7) is 0. The van der Waals surface area contributed by atoms with E-state index < -0.39 is 16.0 Å². The Morgan fingerprint density at radius 2 is 1.77 bits per heavy atom. The van der Waals surface area contributed by atoms with E-state index in [1.165, 1.54) is 35.6 Å². The molecule has 1 fully saturated rings. The van der Waals surface area contributed by atoms with E-state index in [1.807, 2.05) is 5.38 Å². The number of esters is 1. The van der Waals surface area contributed by atoms with Gasteiger partial charge >= 0.3 is 5.97 Å². The van der Waals surface area contributed by atoms with Gasteiger partial charge in [-0.3, -0.25) is 4.79 Å². The maximum atomic E-state index is 12.4. The Kier molecular flexibility index (Phi) is 5.67. The number of sulfonamides is 1. The van der Waals surface area contributed by atoms with Crippen LogP contribution in [-0.4, -0.2) is 26.3 Å². The number of carbonyl (C=O) groups is 2. The molecule has 0 aliphatic heterocycles. The number of ether oxygens (including phenoxy) is 1. The molecule has 1 aliphatic carbocycles. The van der Waals surface area contributed by atoms with Gasteiger partial charge in [-0.1, -0.05) is 12.1 Å². The number of hydrogen-bond acceptors (Lipinski definition) is 6. The predicted molar refractivity (Wildman–Crippen MR) is 113 cm³/mol. The van der Waals surface area contributed by atoms with Crippen LogP contribution in [0.5, 0.6) is 5.75 Å². The van der Waals surface area contributed by atoms with Crippen LogP contribution in [-0.2, 0) is 10.0 Å². The van der Waals surface area contributed by atoms with Gasteiger partial charge in [-0.2, -0.15) is 0 Å². The van der Waals surface area contributed by atoms with Crippen molar-refractivity contribution in [2.45, 2.75) is 23.8 Å². The Hall–Kier alpha value is -3.01. The highest BCUT2D eigenvalue weighted by Crippen LogP contribution is 2.23. The fourth-order valence-electron chi connectivity index (χ4n) is 2.65. The Balaban J connectivity index is 1.41. The Morgan fingerprint density at radius 1 is 1.00 bits per heavy atom. The van der Waals surface area contributed by atoms with Gasteiger partial charge < -0.3 is 10.1 Å². The summed E-state index contributed by atoms with van der Waals surface area (Å²) in [5.41, 5.74) is 0.691. The minimum atomic E-state index is -3.66. The minimum absolute atomic E-state index is 0.0236. The van der Waals surface area contributed by atoms with Crippen molar-refractivity contribution in [1.82, 2.24) is 4.72 Å². The average Bonchev–Trinajstić information content (AvgIpc) is 3.36. The van der Waals surface area contributed by atoms with Crippen molar-refractivity contribution in [3.05, 3.63) is 76.5 Å². The van der Waals surface area contributed by atoms with Gasteiger partial charge in [0.1, 0.15) is 5.75 Å². The van der Waals surface area contributed by atoms with Crippen LogP contribution in [0.15, 0.2) is 70.9 Å². The Labute approximate surface area is 177 Å². The number of rotatable bonds is 7. The first-order chi connectivity index (χ1) is 14.4. The number of hydrogen-bond donors (Lipinski definition) is 2. The van der Waals surface area contributed by atoms with E-state index >= 15 is 0 Å². The summed E-state index contributed by atoms with van der Waals surface area (Å²) in [7, 11) is -3.66. The fourth-order valence-corrected chi connectivity index (χ4v) is 4.62. The van der Waals surface area contributed by atoms with Crippen molar-refractivity contribution in [3.8, 4) is 5.75 Å². The molecule has 0 radical (unpaired) electrons. The van der Waals surface area contributed by atoms with Crippen molar-refractivity contribution < 1.29 is 22.7 Å². The number of benzene rings is 2. The number of thiophene rings is 1. The van der Waals surface area contributed by atoms with Crippen molar-refractivity contribution in [2.24, 2.45) is 0 Å². The van der Waals surface area contributed by atoms with Gasteiger partial charge in [0, 0.05) is 11.7 Å². The zero-order valence-corrected chi connectivity index (χ0v) is 17.3. The molecule has 1 amide bonds. The van der Waals surface area contributed by atoms with Crippen molar-refractivity contribution in [3.63, 3.8) is 0 Å². The third-order valence-electron chi connectivity index (χ3n) is 4.35. The van der Waals surface area contributed by atoms with Gasteiger partial charge in [-0.25, -0.2) is 17.9 Å². The number of amides is 1. The summed E-state index contributed by atoms with van der Waals surface area (Å²) in [5, 5.41) is 4.58. The SMILES string of the molecule is O=C(Oc1ccc(NC(=O)c2cccs2)cc1)c1cccc(S(=O)(=O)NC2CC2)c1. The van der Waals surface area contributed by atoms with E-state index in [-0.39, 0.29) is 28.2 Å². The number of carbonyl (C=O) groups excluding carboxylic acids is 2. The molecule has 2 aromatic carbocycles. The van der Waals surface area contributed by atoms with Gasteiger partial charge in [-0.15, -0.1) is 11.3 Å². The van der Waals surface area contributed by atoms with Gasteiger partial charge in [-0.05, 0) is 66.8 Å². The smallest absolute Gasteiger partial charge is 0.343 e. The highest BCUT2D eigenvalue weighted by atomic mass is 32.2. The Bertz CT molecular complexity index is 1170. The molecular formula is C21H18N2O5S2. The summed E-state index contributed by atoms with van der Waals surface area (Å²) in [4.78, 5) is 25.1. The zero-order chi connectivity index (χ0) is 21.1. The monoisotopic (exact) mass is 442 g/mol.